The molecule has 0 saturated carbocycles. The zero-order chi connectivity index (χ0) is 15.6. The quantitative estimate of drug-likeness (QED) is 0.361. The van der Waals surface area contributed by atoms with Crippen LogP contribution in [0.4, 0.5) is 0 Å². The van der Waals surface area contributed by atoms with E-state index in [0.717, 1.165) is 55.4 Å². The SMILES string of the molecule is Clc1ccc(OCCCCCCOc2ccc(I)cc2)cc1. The molecule has 0 aliphatic carbocycles. The number of halogens is 2. The normalized spacial score (nSPS) is 10.5. The molecule has 0 aromatic heterocycles. The zero-order valence-electron chi connectivity index (χ0n) is 12.4. The first kappa shape index (κ1) is 17.4. The van der Waals surface area contributed by atoms with Crippen molar-refractivity contribution in [1.29, 1.82) is 0 Å². The van der Waals surface area contributed by atoms with Crippen molar-refractivity contribution in [3.63, 3.8) is 0 Å². The van der Waals surface area contributed by atoms with Crippen molar-refractivity contribution in [2.75, 3.05) is 13.2 Å². The van der Waals surface area contributed by atoms with E-state index in [1.54, 1.807) is 0 Å². The Hall–Kier alpha value is -0.940. The van der Waals surface area contributed by atoms with E-state index in [4.69, 9.17) is 21.1 Å². The molecule has 0 unspecified atom stereocenters. The molecule has 0 aliphatic rings. The van der Waals surface area contributed by atoms with Gasteiger partial charge in [-0.1, -0.05) is 11.6 Å². The van der Waals surface area contributed by atoms with Gasteiger partial charge in [0, 0.05) is 8.59 Å². The van der Waals surface area contributed by atoms with Gasteiger partial charge in [0.1, 0.15) is 11.5 Å². The highest BCUT2D eigenvalue weighted by molar-refractivity contribution is 14.1. The molecule has 0 aliphatic heterocycles. The summed E-state index contributed by atoms with van der Waals surface area (Å²) < 4.78 is 12.6. The Bertz CT molecular complexity index is 489. The van der Waals surface area contributed by atoms with Crippen LogP contribution in [0.5, 0.6) is 11.5 Å². The number of rotatable bonds is 9. The minimum absolute atomic E-state index is 0.737. The first-order valence-corrected chi connectivity index (χ1v) is 8.96. The molecule has 0 radical (unpaired) electrons. The third-order valence-corrected chi connectivity index (χ3v) is 4.17. The Balaban J connectivity index is 1.47. The Morgan fingerprint density at radius 1 is 0.682 bits per heavy atom. The first-order chi connectivity index (χ1) is 10.7. The maximum atomic E-state index is 5.83. The van der Waals surface area contributed by atoms with E-state index in [-0.39, 0.29) is 0 Å². The first-order valence-electron chi connectivity index (χ1n) is 7.51. The van der Waals surface area contributed by atoms with E-state index in [1.165, 1.54) is 3.57 Å². The number of hydrogen-bond donors (Lipinski definition) is 0. The van der Waals surface area contributed by atoms with Crippen LogP contribution >= 0.6 is 34.2 Å². The summed E-state index contributed by atoms with van der Waals surface area (Å²) in [6, 6.07) is 15.6. The molecule has 22 heavy (non-hydrogen) atoms. The number of unbranched alkanes of at least 4 members (excludes halogenated alkanes) is 3. The fraction of sp³-hybridized carbons (Fsp3) is 0.333. The Morgan fingerprint density at radius 2 is 1.14 bits per heavy atom. The minimum atomic E-state index is 0.737. The summed E-state index contributed by atoms with van der Waals surface area (Å²) >= 11 is 8.12. The lowest BCUT2D eigenvalue weighted by molar-refractivity contribution is 0.287. The molecule has 4 heteroatoms. The molecule has 2 aromatic carbocycles. The van der Waals surface area contributed by atoms with Gasteiger partial charge in [0.05, 0.1) is 13.2 Å². The molecule has 0 spiro atoms. The third-order valence-electron chi connectivity index (χ3n) is 3.20. The summed E-state index contributed by atoms with van der Waals surface area (Å²) in [7, 11) is 0. The predicted octanol–water partition coefficient (Wildman–Crippen LogP) is 5.96. The summed E-state index contributed by atoms with van der Waals surface area (Å²) in [4.78, 5) is 0. The average molecular weight is 431 g/mol. The summed E-state index contributed by atoms with van der Waals surface area (Å²) in [5.74, 6) is 1.83. The van der Waals surface area contributed by atoms with Crippen molar-refractivity contribution in [2.24, 2.45) is 0 Å². The molecule has 0 saturated heterocycles. The summed E-state index contributed by atoms with van der Waals surface area (Å²) in [5, 5.41) is 0.737. The van der Waals surface area contributed by atoms with Crippen LogP contribution in [0.25, 0.3) is 0 Å². The lowest BCUT2D eigenvalue weighted by atomic mass is 10.2. The van der Waals surface area contributed by atoms with Crippen LogP contribution in [0.3, 0.4) is 0 Å². The summed E-state index contributed by atoms with van der Waals surface area (Å²) in [6.45, 7) is 1.53. The van der Waals surface area contributed by atoms with Gasteiger partial charge in [-0.15, -0.1) is 0 Å². The molecule has 2 nitrogen and oxygen atoms in total. The van der Waals surface area contributed by atoms with Gasteiger partial charge in [-0.05, 0) is 96.8 Å². The molecular weight excluding hydrogens is 411 g/mol. The second-order valence-electron chi connectivity index (χ2n) is 5.02. The van der Waals surface area contributed by atoms with Crippen molar-refractivity contribution in [1.82, 2.24) is 0 Å². The molecule has 2 rings (SSSR count). The van der Waals surface area contributed by atoms with Crippen LogP contribution in [0.2, 0.25) is 5.02 Å². The maximum Gasteiger partial charge on any atom is 0.119 e. The van der Waals surface area contributed by atoms with Crippen LogP contribution in [0, 0.1) is 3.57 Å². The lowest BCUT2D eigenvalue weighted by Crippen LogP contribution is -1.99. The monoisotopic (exact) mass is 430 g/mol. The number of ether oxygens (including phenoxy) is 2. The molecule has 2 aromatic rings. The highest BCUT2D eigenvalue weighted by Crippen LogP contribution is 2.16. The van der Waals surface area contributed by atoms with Gasteiger partial charge in [-0.3, -0.25) is 0 Å². The highest BCUT2D eigenvalue weighted by atomic mass is 127. The van der Waals surface area contributed by atoms with Gasteiger partial charge < -0.3 is 9.47 Å². The van der Waals surface area contributed by atoms with Crippen molar-refractivity contribution in [3.8, 4) is 11.5 Å². The predicted molar refractivity (Wildman–Crippen MR) is 100 cm³/mol. The summed E-state index contributed by atoms with van der Waals surface area (Å²) in [6.07, 6.45) is 4.46. The van der Waals surface area contributed by atoms with Crippen molar-refractivity contribution >= 4 is 34.2 Å². The second kappa shape index (κ2) is 9.95. The Kier molecular flexibility index (Phi) is 7.88. The zero-order valence-corrected chi connectivity index (χ0v) is 15.3. The van der Waals surface area contributed by atoms with Gasteiger partial charge >= 0.3 is 0 Å². The molecule has 0 atom stereocenters. The van der Waals surface area contributed by atoms with Crippen LogP contribution in [0.1, 0.15) is 25.7 Å². The fourth-order valence-corrected chi connectivity index (χ4v) is 2.48. The minimum Gasteiger partial charge on any atom is -0.494 e. The Labute approximate surface area is 150 Å². The van der Waals surface area contributed by atoms with Gasteiger partial charge in [0.25, 0.3) is 0 Å². The Morgan fingerprint density at radius 3 is 1.64 bits per heavy atom. The molecule has 0 N–H and O–H groups in total. The van der Waals surface area contributed by atoms with E-state index < -0.39 is 0 Å². The van der Waals surface area contributed by atoms with Crippen LogP contribution < -0.4 is 9.47 Å². The van der Waals surface area contributed by atoms with Gasteiger partial charge in [-0.25, -0.2) is 0 Å². The van der Waals surface area contributed by atoms with Crippen molar-refractivity contribution in [3.05, 3.63) is 57.1 Å². The van der Waals surface area contributed by atoms with E-state index in [1.807, 2.05) is 36.4 Å². The topological polar surface area (TPSA) is 18.5 Å². The van der Waals surface area contributed by atoms with Crippen LogP contribution in [-0.2, 0) is 0 Å². The maximum absolute atomic E-state index is 5.83. The second-order valence-corrected chi connectivity index (χ2v) is 6.70. The van der Waals surface area contributed by atoms with Gasteiger partial charge in [0.2, 0.25) is 0 Å². The molecule has 0 amide bonds. The van der Waals surface area contributed by atoms with E-state index in [0.29, 0.717) is 0 Å². The van der Waals surface area contributed by atoms with E-state index in [9.17, 15) is 0 Å². The average Bonchev–Trinajstić information content (AvgIpc) is 2.53. The number of benzene rings is 2. The van der Waals surface area contributed by atoms with E-state index in [2.05, 4.69) is 34.7 Å². The molecule has 0 heterocycles. The lowest BCUT2D eigenvalue weighted by Gasteiger charge is -2.07. The third kappa shape index (κ3) is 6.88. The smallest absolute Gasteiger partial charge is 0.119 e. The molecule has 118 valence electrons. The molecular formula is C18H20ClIO2. The van der Waals surface area contributed by atoms with Crippen molar-refractivity contribution in [2.45, 2.75) is 25.7 Å². The highest BCUT2D eigenvalue weighted by Gasteiger charge is 1.96. The molecule has 0 fully saturated rings. The van der Waals surface area contributed by atoms with E-state index >= 15 is 0 Å². The standard InChI is InChI=1S/C18H20ClIO2/c19-15-5-9-17(10-6-15)21-13-3-1-2-4-14-22-18-11-7-16(20)8-12-18/h5-12H,1-4,13-14H2. The van der Waals surface area contributed by atoms with Crippen molar-refractivity contribution < 1.29 is 9.47 Å². The van der Waals surface area contributed by atoms with Crippen LogP contribution in [0.15, 0.2) is 48.5 Å². The van der Waals surface area contributed by atoms with Crippen LogP contribution in [-0.4, -0.2) is 13.2 Å². The summed E-state index contributed by atoms with van der Waals surface area (Å²) in [5.41, 5.74) is 0. The number of hydrogen-bond acceptors (Lipinski definition) is 2. The van der Waals surface area contributed by atoms with Gasteiger partial charge in [-0.2, -0.15) is 0 Å². The van der Waals surface area contributed by atoms with Gasteiger partial charge in [0.15, 0.2) is 0 Å². The molecule has 0 bridgehead atoms. The fourth-order valence-electron chi connectivity index (χ4n) is 2.00. The largest absolute Gasteiger partial charge is 0.494 e.